The standard InChI is InChI=1S/C13H10Br2N2O/c1-8-2-3-9(6-11(8)15)13(18)17-12-7-10(14)4-5-16-12/h2-7H,1H3,(H,16,17,18). The highest BCUT2D eigenvalue weighted by Crippen LogP contribution is 2.19. The van der Waals surface area contributed by atoms with Crippen LogP contribution in [0.1, 0.15) is 15.9 Å². The average Bonchev–Trinajstić information content (AvgIpc) is 2.32. The molecule has 0 bridgehead atoms. The van der Waals surface area contributed by atoms with Gasteiger partial charge in [0.15, 0.2) is 0 Å². The summed E-state index contributed by atoms with van der Waals surface area (Å²) in [5.41, 5.74) is 1.68. The number of rotatable bonds is 2. The van der Waals surface area contributed by atoms with Crippen molar-refractivity contribution in [2.45, 2.75) is 6.92 Å². The van der Waals surface area contributed by atoms with Crippen LogP contribution in [-0.4, -0.2) is 10.9 Å². The van der Waals surface area contributed by atoms with E-state index in [0.717, 1.165) is 14.5 Å². The zero-order chi connectivity index (χ0) is 13.1. The van der Waals surface area contributed by atoms with Crippen molar-refractivity contribution in [1.82, 2.24) is 4.98 Å². The zero-order valence-electron chi connectivity index (χ0n) is 9.58. The summed E-state index contributed by atoms with van der Waals surface area (Å²) in [6.45, 7) is 1.97. The molecule has 0 aliphatic carbocycles. The molecule has 0 saturated carbocycles. The lowest BCUT2D eigenvalue weighted by molar-refractivity contribution is 0.102. The number of hydrogen-bond donors (Lipinski definition) is 1. The fraction of sp³-hybridized carbons (Fsp3) is 0.0769. The summed E-state index contributed by atoms with van der Waals surface area (Å²) in [5, 5.41) is 2.74. The number of aromatic nitrogens is 1. The van der Waals surface area contributed by atoms with Crippen molar-refractivity contribution < 1.29 is 4.79 Å². The van der Waals surface area contributed by atoms with Crippen LogP contribution in [0.25, 0.3) is 0 Å². The highest BCUT2D eigenvalue weighted by atomic mass is 79.9. The number of aryl methyl sites for hydroxylation is 1. The smallest absolute Gasteiger partial charge is 0.256 e. The molecule has 0 radical (unpaired) electrons. The third-order valence-corrected chi connectivity index (χ3v) is 3.75. The Morgan fingerprint density at radius 3 is 2.67 bits per heavy atom. The molecular weight excluding hydrogens is 360 g/mol. The molecule has 92 valence electrons. The Balaban J connectivity index is 2.19. The van der Waals surface area contributed by atoms with E-state index in [-0.39, 0.29) is 5.91 Å². The Kier molecular flexibility index (Phi) is 4.14. The van der Waals surface area contributed by atoms with Gasteiger partial charge in [0.05, 0.1) is 0 Å². The largest absolute Gasteiger partial charge is 0.307 e. The number of carbonyl (C=O) groups is 1. The molecule has 1 N–H and O–H groups in total. The summed E-state index contributed by atoms with van der Waals surface area (Å²) in [6, 6.07) is 9.03. The average molecular weight is 370 g/mol. The lowest BCUT2D eigenvalue weighted by Gasteiger charge is -2.06. The van der Waals surface area contributed by atoms with Crippen LogP contribution in [0, 0.1) is 6.92 Å². The minimum atomic E-state index is -0.179. The number of pyridine rings is 1. The van der Waals surface area contributed by atoms with E-state index < -0.39 is 0 Å². The van der Waals surface area contributed by atoms with Crippen molar-refractivity contribution in [2.75, 3.05) is 5.32 Å². The second kappa shape index (κ2) is 5.63. The quantitative estimate of drug-likeness (QED) is 0.863. The van der Waals surface area contributed by atoms with Crippen LogP contribution in [0.5, 0.6) is 0 Å². The number of anilines is 1. The highest BCUT2D eigenvalue weighted by molar-refractivity contribution is 9.10. The Bertz CT molecular complexity index is 599. The number of carbonyl (C=O) groups excluding carboxylic acids is 1. The van der Waals surface area contributed by atoms with Crippen LogP contribution < -0.4 is 5.32 Å². The van der Waals surface area contributed by atoms with Crippen LogP contribution >= 0.6 is 31.9 Å². The summed E-state index contributed by atoms with van der Waals surface area (Å²) in [4.78, 5) is 16.1. The molecule has 1 aromatic carbocycles. The molecule has 3 nitrogen and oxygen atoms in total. The van der Waals surface area contributed by atoms with Gasteiger partial charge in [0.1, 0.15) is 5.82 Å². The minimum absolute atomic E-state index is 0.179. The Morgan fingerprint density at radius 2 is 2.00 bits per heavy atom. The summed E-state index contributed by atoms with van der Waals surface area (Å²) in [7, 11) is 0. The topological polar surface area (TPSA) is 42.0 Å². The summed E-state index contributed by atoms with van der Waals surface area (Å²) in [5.74, 6) is 0.340. The SMILES string of the molecule is Cc1ccc(C(=O)Nc2cc(Br)ccn2)cc1Br. The molecule has 0 aliphatic rings. The third-order valence-electron chi connectivity index (χ3n) is 2.40. The second-order valence-electron chi connectivity index (χ2n) is 3.78. The molecule has 0 spiro atoms. The van der Waals surface area contributed by atoms with Gasteiger partial charge in [-0.25, -0.2) is 4.98 Å². The van der Waals surface area contributed by atoms with E-state index in [1.165, 1.54) is 0 Å². The molecule has 0 aliphatic heterocycles. The number of hydrogen-bond acceptors (Lipinski definition) is 2. The van der Waals surface area contributed by atoms with E-state index in [1.54, 1.807) is 30.5 Å². The zero-order valence-corrected chi connectivity index (χ0v) is 12.7. The van der Waals surface area contributed by atoms with Gasteiger partial charge in [-0.05, 0) is 36.8 Å². The molecule has 2 aromatic rings. The molecule has 0 unspecified atom stereocenters. The molecule has 18 heavy (non-hydrogen) atoms. The van der Waals surface area contributed by atoms with Gasteiger partial charge in [-0.2, -0.15) is 0 Å². The van der Waals surface area contributed by atoms with E-state index in [4.69, 9.17) is 0 Å². The van der Waals surface area contributed by atoms with Crippen LogP contribution in [0.15, 0.2) is 45.5 Å². The first-order valence-corrected chi connectivity index (χ1v) is 6.84. The van der Waals surface area contributed by atoms with Crippen LogP contribution in [0.4, 0.5) is 5.82 Å². The van der Waals surface area contributed by atoms with Gasteiger partial charge in [-0.15, -0.1) is 0 Å². The van der Waals surface area contributed by atoms with Crippen molar-refractivity contribution in [2.24, 2.45) is 0 Å². The normalized spacial score (nSPS) is 10.2. The first-order valence-electron chi connectivity index (χ1n) is 5.25. The number of halogens is 2. The van der Waals surface area contributed by atoms with Gasteiger partial charge >= 0.3 is 0 Å². The van der Waals surface area contributed by atoms with Crippen molar-refractivity contribution in [3.05, 3.63) is 56.6 Å². The molecule has 1 amide bonds. The highest BCUT2D eigenvalue weighted by Gasteiger charge is 2.08. The maximum absolute atomic E-state index is 12.0. The van der Waals surface area contributed by atoms with E-state index in [9.17, 15) is 4.79 Å². The molecule has 0 fully saturated rings. The lowest BCUT2D eigenvalue weighted by Crippen LogP contribution is -2.12. The van der Waals surface area contributed by atoms with Gasteiger partial charge in [0.25, 0.3) is 5.91 Å². The molecular formula is C13H10Br2N2O. The van der Waals surface area contributed by atoms with Crippen molar-refractivity contribution in [3.8, 4) is 0 Å². The molecule has 0 atom stereocenters. The van der Waals surface area contributed by atoms with Crippen LogP contribution in [0.3, 0.4) is 0 Å². The fourth-order valence-electron chi connectivity index (χ4n) is 1.40. The number of nitrogens with one attached hydrogen (secondary N) is 1. The fourth-order valence-corrected chi connectivity index (χ4v) is 2.11. The van der Waals surface area contributed by atoms with E-state index in [0.29, 0.717) is 11.4 Å². The first kappa shape index (κ1) is 13.2. The lowest BCUT2D eigenvalue weighted by atomic mass is 10.1. The molecule has 0 saturated heterocycles. The Labute approximate surface area is 122 Å². The Hall–Kier alpha value is -1.20. The number of nitrogens with zero attached hydrogens (tertiary/aromatic N) is 1. The van der Waals surface area contributed by atoms with Gasteiger partial charge in [-0.1, -0.05) is 37.9 Å². The van der Waals surface area contributed by atoms with Gasteiger partial charge in [-0.3, -0.25) is 4.79 Å². The maximum atomic E-state index is 12.0. The predicted octanol–water partition coefficient (Wildman–Crippen LogP) is 4.17. The van der Waals surface area contributed by atoms with Crippen LogP contribution in [0.2, 0.25) is 0 Å². The second-order valence-corrected chi connectivity index (χ2v) is 5.55. The first-order chi connectivity index (χ1) is 8.56. The number of benzene rings is 1. The van der Waals surface area contributed by atoms with Crippen molar-refractivity contribution >= 4 is 43.6 Å². The van der Waals surface area contributed by atoms with Crippen molar-refractivity contribution in [3.63, 3.8) is 0 Å². The monoisotopic (exact) mass is 368 g/mol. The minimum Gasteiger partial charge on any atom is -0.307 e. The molecule has 2 rings (SSSR count). The summed E-state index contributed by atoms with van der Waals surface area (Å²) in [6.07, 6.45) is 1.63. The summed E-state index contributed by atoms with van der Waals surface area (Å²) >= 11 is 6.74. The van der Waals surface area contributed by atoms with Gasteiger partial charge in [0, 0.05) is 20.7 Å². The Morgan fingerprint density at radius 1 is 1.22 bits per heavy atom. The summed E-state index contributed by atoms with van der Waals surface area (Å²) < 4.78 is 1.79. The van der Waals surface area contributed by atoms with E-state index in [2.05, 4.69) is 42.2 Å². The van der Waals surface area contributed by atoms with Gasteiger partial charge in [0.2, 0.25) is 0 Å². The molecule has 1 aromatic heterocycles. The van der Waals surface area contributed by atoms with Gasteiger partial charge < -0.3 is 5.32 Å². The molecule has 1 heterocycles. The van der Waals surface area contributed by atoms with Crippen molar-refractivity contribution in [1.29, 1.82) is 0 Å². The maximum Gasteiger partial charge on any atom is 0.256 e. The molecule has 5 heteroatoms. The number of amides is 1. The van der Waals surface area contributed by atoms with E-state index in [1.807, 2.05) is 13.0 Å². The third kappa shape index (κ3) is 3.17. The predicted molar refractivity (Wildman–Crippen MR) is 78.8 cm³/mol. The van der Waals surface area contributed by atoms with E-state index >= 15 is 0 Å². The van der Waals surface area contributed by atoms with Crippen LogP contribution in [-0.2, 0) is 0 Å².